The van der Waals surface area contributed by atoms with Crippen molar-refractivity contribution in [1.29, 1.82) is 0 Å². The van der Waals surface area contributed by atoms with E-state index in [0.29, 0.717) is 5.75 Å². The van der Waals surface area contributed by atoms with Crippen LogP contribution in [0.4, 0.5) is 5.69 Å². The molecule has 3 rings (SSSR count). The Balaban J connectivity index is 2.06. The zero-order valence-electron chi connectivity index (χ0n) is 22.8. The van der Waals surface area contributed by atoms with Crippen molar-refractivity contribution >= 4 is 27.5 Å². The maximum absolute atomic E-state index is 13.9. The first-order valence-electron chi connectivity index (χ1n) is 12.5. The largest absolute Gasteiger partial charge is 0.497 e. The van der Waals surface area contributed by atoms with Crippen LogP contribution in [-0.2, 0) is 26.2 Å². The summed E-state index contributed by atoms with van der Waals surface area (Å²) >= 11 is 0. The molecule has 39 heavy (non-hydrogen) atoms. The molecular formula is C29H35N3O6S. The van der Waals surface area contributed by atoms with Crippen LogP contribution in [0.5, 0.6) is 11.5 Å². The molecule has 0 aliphatic carbocycles. The molecule has 0 heterocycles. The molecule has 3 aromatic carbocycles. The summed E-state index contributed by atoms with van der Waals surface area (Å²) in [6.45, 7) is 4.86. The molecule has 0 aromatic heterocycles. The van der Waals surface area contributed by atoms with Gasteiger partial charge >= 0.3 is 0 Å². The van der Waals surface area contributed by atoms with E-state index in [2.05, 4.69) is 5.32 Å². The average Bonchev–Trinajstić information content (AvgIpc) is 2.94. The molecule has 1 N–H and O–H groups in total. The second kappa shape index (κ2) is 13.1. The first-order chi connectivity index (χ1) is 18.6. The number of para-hydroxylation sites is 2. The van der Waals surface area contributed by atoms with Gasteiger partial charge in [0.2, 0.25) is 11.8 Å². The van der Waals surface area contributed by atoms with Crippen LogP contribution in [0.3, 0.4) is 0 Å². The molecule has 0 unspecified atom stereocenters. The molecule has 208 valence electrons. The Morgan fingerprint density at radius 1 is 0.846 bits per heavy atom. The third-order valence-corrected chi connectivity index (χ3v) is 7.85. The van der Waals surface area contributed by atoms with Gasteiger partial charge in [-0.15, -0.1) is 0 Å². The highest BCUT2D eigenvalue weighted by atomic mass is 32.2. The van der Waals surface area contributed by atoms with E-state index in [9.17, 15) is 18.0 Å². The fraction of sp³-hybridized carbons (Fsp3) is 0.310. The Morgan fingerprint density at radius 3 is 2.05 bits per heavy atom. The second-order valence-electron chi connectivity index (χ2n) is 9.21. The van der Waals surface area contributed by atoms with Crippen LogP contribution >= 0.6 is 0 Å². The van der Waals surface area contributed by atoms with Crippen molar-refractivity contribution in [3.8, 4) is 11.5 Å². The van der Waals surface area contributed by atoms with Gasteiger partial charge in [0.05, 0.1) is 24.8 Å². The molecule has 0 bridgehead atoms. The molecule has 9 nitrogen and oxygen atoms in total. The zero-order chi connectivity index (χ0) is 28.6. The quantitative estimate of drug-likeness (QED) is 0.365. The Kier molecular flexibility index (Phi) is 9.95. The van der Waals surface area contributed by atoms with Crippen molar-refractivity contribution in [2.24, 2.45) is 0 Å². The third kappa shape index (κ3) is 7.29. The summed E-state index contributed by atoms with van der Waals surface area (Å²) in [6, 6.07) is 20.7. The number of rotatable bonds is 12. The summed E-state index contributed by atoms with van der Waals surface area (Å²) in [5, 5.41) is 2.84. The number of carbonyl (C=O) groups is 2. The highest BCUT2D eigenvalue weighted by Gasteiger charge is 2.33. The number of hydrogen-bond acceptors (Lipinski definition) is 6. The van der Waals surface area contributed by atoms with Crippen LogP contribution in [0.1, 0.15) is 26.3 Å². The molecular weight excluding hydrogens is 518 g/mol. The van der Waals surface area contributed by atoms with Gasteiger partial charge in [0.15, 0.2) is 0 Å². The highest BCUT2D eigenvalue weighted by Crippen LogP contribution is 2.33. The average molecular weight is 554 g/mol. The smallest absolute Gasteiger partial charge is 0.264 e. The molecule has 1 atom stereocenters. The first-order valence-corrected chi connectivity index (χ1v) is 14.0. The number of sulfonamides is 1. The molecule has 0 aliphatic heterocycles. The van der Waals surface area contributed by atoms with Gasteiger partial charge in [-0.05, 0) is 62.7 Å². The SMILES string of the molecule is COc1ccc(S(=O)(=O)N(CC(=O)N(Cc2ccccc2)[C@H](C)C(=O)NC(C)C)c2ccccc2OC)cc1. The molecule has 0 aliphatic rings. The van der Waals surface area contributed by atoms with E-state index in [1.807, 2.05) is 44.2 Å². The minimum absolute atomic E-state index is 0.0257. The van der Waals surface area contributed by atoms with Crippen LogP contribution in [0.25, 0.3) is 0 Å². The van der Waals surface area contributed by atoms with Gasteiger partial charge in [0.25, 0.3) is 10.0 Å². The fourth-order valence-corrected chi connectivity index (χ4v) is 5.42. The van der Waals surface area contributed by atoms with E-state index in [1.165, 1.54) is 43.4 Å². The lowest BCUT2D eigenvalue weighted by Gasteiger charge is -2.32. The monoisotopic (exact) mass is 553 g/mol. The number of amides is 2. The first kappa shape index (κ1) is 29.5. The summed E-state index contributed by atoms with van der Waals surface area (Å²) in [5.74, 6) is -0.111. The number of nitrogens with one attached hydrogen (secondary N) is 1. The lowest BCUT2D eigenvalue weighted by Crippen LogP contribution is -2.52. The van der Waals surface area contributed by atoms with Gasteiger partial charge in [-0.25, -0.2) is 8.42 Å². The van der Waals surface area contributed by atoms with Crippen molar-refractivity contribution in [1.82, 2.24) is 10.2 Å². The minimum atomic E-state index is -4.23. The van der Waals surface area contributed by atoms with Crippen LogP contribution in [0.2, 0.25) is 0 Å². The Labute approximate surface area is 230 Å². The summed E-state index contributed by atoms with van der Waals surface area (Å²) in [4.78, 5) is 28.2. The van der Waals surface area contributed by atoms with Crippen LogP contribution in [-0.4, -0.2) is 58.0 Å². The molecule has 0 saturated carbocycles. The van der Waals surface area contributed by atoms with E-state index in [0.717, 1.165) is 9.87 Å². The maximum Gasteiger partial charge on any atom is 0.264 e. The van der Waals surface area contributed by atoms with E-state index in [1.54, 1.807) is 31.2 Å². The van der Waals surface area contributed by atoms with Crippen LogP contribution in [0.15, 0.2) is 83.8 Å². The van der Waals surface area contributed by atoms with Crippen molar-refractivity contribution in [3.63, 3.8) is 0 Å². The summed E-state index contributed by atoms with van der Waals surface area (Å²) in [5.41, 5.74) is 1.00. The van der Waals surface area contributed by atoms with E-state index in [4.69, 9.17) is 9.47 Å². The number of ether oxygens (including phenoxy) is 2. The molecule has 0 radical (unpaired) electrons. The van der Waals surface area contributed by atoms with Crippen molar-refractivity contribution < 1.29 is 27.5 Å². The predicted octanol–water partition coefficient (Wildman–Crippen LogP) is 3.84. The predicted molar refractivity (Wildman–Crippen MR) is 150 cm³/mol. The molecule has 0 spiro atoms. The molecule has 10 heteroatoms. The van der Waals surface area contributed by atoms with E-state index >= 15 is 0 Å². The summed E-state index contributed by atoms with van der Waals surface area (Å²) in [7, 11) is -1.31. The summed E-state index contributed by atoms with van der Waals surface area (Å²) in [6.07, 6.45) is 0. The topological polar surface area (TPSA) is 105 Å². The van der Waals surface area contributed by atoms with Crippen molar-refractivity contribution in [3.05, 3.63) is 84.4 Å². The Morgan fingerprint density at radius 2 is 1.46 bits per heavy atom. The third-order valence-electron chi connectivity index (χ3n) is 6.07. The molecule has 0 saturated heterocycles. The molecule has 3 aromatic rings. The fourth-order valence-electron chi connectivity index (χ4n) is 3.99. The lowest BCUT2D eigenvalue weighted by molar-refractivity contribution is -0.139. The number of anilines is 1. The van der Waals surface area contributed by atoms with E-state index in [-0.39, 0.29) is 34.8 Å². The van der Waals surface area contributed by atoms with Crippen LogP contribution in [0, 0.1) is 0 Å². The molecule has 0 fully saturated rings. The van der Waals surface area contributed by atoms with E-state index < -0.39 is 28.5 Å². The van der Waals surface area contributed by atoms with Crippen LogP contribution < -0.4 is 19.1 Å². The highest BCUT2D eigenvalue weighted by molar-refractivity contribution is 7.92. The number of carbonyl (C=O) groups excluding carboxylic acids is 2. The number of hydrogen-bond donors (Lipinski definition) is 1. The van der Waals surface area contributed by atoms with Gasteiger partial charge in [0, 0.05) is 12.6 Å². The van der Waals surface area contributed by atoms with Gasteiger partial charge in [-0.1, -0.05) is 42.5 Å². The Hall–Kier alpha value is -4.05. The van der Waals surface area contributed by atoms with Crippen molar-refractivity contribution in [2.45, 2.75) is 44.3 Å². The second-order valence-corrected chi connectivity index (χ2v) is 11.1. The standard InChI is InChI=1S/C29H35N3O6S/c1-21(2)30-29(34)22(3)31(19-23-11-7-6-8-12-23)28(33)20-32(26-13-9-10-14-27(26)38-5)39(35,36)25-17-15-24(37-4)16-18-25/h6-18,21-22H,19-20H2,1-5H3,(H,30,34)/t22-/m1/s1. The maximum atomic E-state index is 13.9. The normalized spacial score (nSPS) is 11.9. The lowest BCUT2D eigenvalue weighted by atomic mass is 10.1. The minimum Gasteiger partial charge on any atom is -0.497 e. The van der Waals surface area contributed by atoms with Gasteiger partial charge in [0.1, 0.15) is 24.1 Å². The number of benzene rings is 3. The summed E-state index contributed by atoms with van der Waals surface area (Å²) < 4.78 is 39.5. The Bertz CT molecular complexity index is 1360. The van der Waals surface area contributed by atoms with Crippen molar-refractivity contribution in [2.75, 3.05) is 25.1 Å². The van der Waals surface area contributed by atoms with Gasteiger partial charge < -0.3 is 19.7 Å². The number of methoxy groups -OCH3 is 2. The molecule has 2 amide bonds. The van der Waals surface area contributed by atoms with Gasteiger partial charge in [-0.2, -0.15) is 0 Å². The van der Waals surface area contributed by atoms with Gasteiger partial charge in [-0.3, -0.25) is 13.9 Å². The number of nitrogens with zero attached hydrogens (tertiary/aromatic N) is 2. The zero-order valence-corrected chi connectivity index (χ0v) is 23.6.